The van der Waals surface area contributed by atoms with Crippen LogP contribution in [-0.2, 0) is 14.3 Å². The summed E-state index contributed by atoms with van der Waals surface area (Å²) < 4.78 is 5.21. The zero-order valence-electron chi connectivity index (χ0n) is 12.2. The van der Waals surface area contributed by atoms with Crippen molar-refractivity contribution in [2.45, 2.75) is 40.2 Å². The third kappa shape index (κ3) is 6.60. The van der Waals surface area contributed by atoms with Gasteiger partial charge < -0.3 is 9.84 Å². The molecule has 0 radical (unpaired) electrons. The second kappa shape index (κ2) is 6.92. The summed E-state index contributed by atoms with van der Waals surface area (Å²) in [6.07, 6.45) is 4.24. The van der Waals surface area contributed by atoms with Gasteiger partial charge in [-0.1, -0.05) is 32.6 Å². The van der Waals surface area contributed by atoms with Crippen LogP contribution in [0.1, 0.15) is 34.6 Å². The Bertz CT molecular complexity index is 420. The smallest absolute Gasteiger partial charge is 0.339 e. The van der Waals surface area contributed by atoms with Crippen LogP contribution in [0.4, 0.5) is 0 Å². The van der Waals surface area contributed by atoms with Crippen molar-refractivity contribution in [1.82, 2.24) is 0 Å². The molecular weight excluding hydrogens is 244 g/mol. The lowest BCUT2D eigenvalue weighted by Crippen LogP contribution is -2.26. The van der Waals surface area contributed by atoms with Crippen LogP contribution >= 0.6 is 0 Å². The fourth-order valence-electron chi connectivity index (χ4n) is 1.33. The van der Waals surface area contributed by atoms with Gasteiger partial charge >= 0.3 is 11.9 Å². The van der Waals surface area contributed by atoms with Crippen molar-refractivity contribution < 1.29 is 19.4 Å². The molecule has 0 aromatic carbocycles. The van der Waals surface area contributed by atoms with Crippen molar-refractivity contribution in [1.29, 1.82) is 0 Å². The first-order chi connectivity index (χ1) is 8.58. The van der Waals surface area contributed by atoms with E-state index in [-0.39, 0.29) is 17.1 Å². The lowest BCUT2D eigenvalue weighted by Gasteiger charge is -2.21. The predicted octanol–water partition coefficient (Wildman–Crippen LogP) is 3.11. The van der Waals surface area contributed by atoms with Crippen LogP contribution in [0, 0.1) is 5.92 Å². The van der Waals surface area contributed by atoms with Gasteiger partial charge in [0.25, 0.3) is 0 Å². The molecule has 0 atom stereocenters. The van der Waals surface area contributed by atoms with Gasteiger partial charge in [-0.2, -0.15) is 0 Å². The van der Waals surface area contributed by atoms with E-state index in [2.05, 4.69) is 6.58 Å². The molecule has 0 saturated carbocycles. The minimum atomic E-state index is -1.16. The van der Waals surface area contributed by atoms with Crippen LogP contribution in [0.25, 0.3) is 0 Å². The topological polar surface area (TPSA) is 63.6 Å². The van der Waals surface area contributed by atoms with Crippen LogP contribution in [-0.4, -0.2) is 22.6 Å². The monoisotopic (exact) mass is 266 g/mol. The third-order valence-corrected chi connectivity index (χ3v) is 1.92. The number of allylic oxidation sites excluding steroid dienone is 3. The lowest BCUT2D eigenvalue weighted by molar-refractivity contribution is -0.150. The molecule has 0 heterocycles. The third-order valence-electron chi connectivity index (χ3n) is 1.92. The van der Waals surface area contributed by atoms with Crippen molar-refractivity contribution in [2.75, 3.05) is 0 Å². The molecule has 106 valence electrons. The number of esters is 1. The Morgan fingerprint density at radius 3 is 2.05 bits per heavy atom. The molecule has 19 heavy (non-hydrogen) atoms. The summed E-state index contributed by atoms with van der Waals surface area (Å²) in [5.41, 5.74) is -0.742. The van der Waals surface area contributed by atoms with Gasteiger partial charge in [-0.3, -0.25) is 0 Å². The summed E-state index contributed by atoms with van der Waals surface area (Å²) >= 11 is 0. The molecule has 1 N–H and O–H groups in total. The minimum absolute atomic E-state index is 0.00162. The van der Waals surface area contributed by atoms with Gasteiger partial charge in [0.05, 0.1) is 11.1 Å². The fraction of sp³-hybridized carbons (Fsp3) is 0.467. The highest BCUT2D eigenvalue weighted by molar-refractivity contribution is 6.06. The molecule has 4 heteroatoms. The number of ether oxygens (including phenoxy) is 1. The molecule has 0 aromatic rings. The highest BCUT2D eigenvalue weighted by Crippen LogP contribution is 2.19. The van der Waals surface area contributed by atoms with E-state index in [0.29, 0.717) is 0 Å². The molecule has 0 aromatic heterocycles. The molecular formula is C15H22O4. The maximum atomic E-state index is 12.0. The number of rotatable bonds is 5. The Morgan fingerprint density at radius 2 is 1.74 bits per heavy atom. The molecule has 4 nitrogen and oxygen atoms in total. The average molecular weight is 266 g/mol. The zero-order valence-corrected chi connectivity index (χ0v) is 12.2. The van der Waals surface area contributed by atoms with Crippen LogP contribution in [0.2, 0.25) is 0 Å². The SMILES string of the molecule is C=CC=C(C(=O)OC(C)(C)C)C(=CC(C)C)C(=O)O. The summed E-state index contributed by atoms with van der Waals surface area (Å²) in [4.78, 5) is 23.3. The number of carboxylic acids is 1. The number of carbonyl (C=O) groups excluding carboxylic acids is 1. The summed E-state index contributed by atoms with van der Waals surface area (Å²) in [5, 5.41) is 9.22. The number of carboxylic acid groups (broad SMARTS) is 1. The van der Waals surface area contributed by atoms with E-state index in [9.17, 15) is 14.7 Å². The van der Waals surface area contributed by atoms with Gasteiger partial charge in [0.15, 0.2) is 0 Å². The number of carbonyl (C=O) groups is 2. The van der Waals surface area contributed by atoms with Crippen molar-refractivity contribution in [2.24, 2.45) is 5.92 Å². The molecule has 0 spiro atoms. The second-order valence-corrected chi connectivity index (χ2v) is 5.45. The quantitative estimate of drug-likeness (QED) is 0.472. The first-order valence-corrected chi connectivity index (χ1v) is 6.10. The van der Waals surface area contributed by atoms with Crippen molar-refractivity contribution in [3.05, 3.63) is 36.0 Å². The number of hydrogen-bond donors (Lipinski definition) is 1. The second-order valence-electron chi connectivity index (χ2n) is 5.45. The number of hydrogen-bond acceptors (Lipinski definition) is 3. The van der Waals surface area contributed by atoms with Gasteiger partial charge in [0.2, 0.25) is 0 Å². The van der Waals surface area contributed by atoms with Gasteiger partial charge in [-0.05, 0) is 32.8 Å². The molecule has 0 aliphatic heterocycles. The standard InChI is InChI=1S/C15H22O4/c1-7-8-11(14(18)19-15(4,5)6)12(13(16)17)9-10(2)3/h7-10H,1H2,2-6H3,(H,16,17). The highest BCUT2D eigenvalue weighted by Gasteiger charge is 2.25. The maximum Gasteiger partial charge on any atom is 0.339 e. The fourth-order valence-corrected chi connectivity index (χ4v) is 1.33. The largest absolute Gasteiger partial charge is 0.478 e. The lowest BCUT2D eigenvalue weighted by atomic mass is 10.0. The van der Waals surface area contributed by atoms with E-state index in [1.165, 1.54) is 18.2 Å². The first-order valence-electron chi connectivity index (χ1n) is 6.10. The van der Waals surface area contributed by atoms with Gasteiger partial charge in [0, 0.05) is 0 Å². The summed E-state index contributed by atoms with van der Waals surface area (Å²) in [6, 6.07) is 0. The Labute approximate surface area is 114 Å². The normalized spacial score (nSPS) is 13.4. The van der Waals surface area contributed by atoms with Crippen LogP contribution in [0.5, 0.6) is 0 Å². The molecule has 0 bridgehead atoms. The Balaban J connectivity index is 5.54. The summed E-state index contributed by atoms with van der Waals surface area (Å²) in [5.74, 6) is -1.82. The maximum absolute atomic E-state index is 12.0. The molecule has 0 unspecified atom stereocenters. The summed E-state index contributed by atoms with van der Waals surface area (Å²) in [6.45, 7) is 12.3. The van der Waals surface area contributed by atoms with Crippen LogP contribution < -0.4 is 0 Å². The first kappa shape index (κ1) is 17.2. The van der Waals surface area contributed by atoms with E-state index in [1.807, 2.05) is 13.8 Å². The van der Waals surface area contributed by atoms with Gasteiger partial charge in [0.1, 0.15) is 5.60 Å². The average Bonchev–Trinajstić information content (AvgIpc) is 2.19. The Kier molecular flexibility index (Phi) is 6.25. The molecule has 0 saturated heterocycles. The minimum Gasteiger partial charge on any atom is -0.478 e. The summed E-state index contributed by atoms with van der Waals surface area (Å²) in [7, 11) is 0. The van der Waals surface area contributed by atoms with E-state index in [1.54, 1.807) is 20.8 Å². The molecule has 0 aliphatic rings. The zero-order chi connectivity index (χ0) is 15.2. The van der Waals surface area contributed by atoms with Gasteiger partial charge in [-0.15, -0.1) is 0 Å². The van der Waals surface area contributed by atoms with E-state index in [4.69, 9.17) is 4.74 Å². The molecule has 0 amide bonds. The molecule has 0 fully saturated rings. The van der Waals surface area contributed by atoms with Crippen molar-refractivity contribution in [3.63, 3.8) is 0 Å². The predicted molar refractivity (Wildman–Crippen MR) is 74.7 cm³/mol. The Morgan fingerprint density at radius 1 is 1.21 bits per heavy atom. The number of aliphatic carboxylic acids is 1. The molecule has 0 aliphatic carbocycles. The van der Waals surface area contributed by atoms with Crippen LogP contribution in [0.3, 0.4) is 0 Å². The van der Waals surface area contributed by atoms with Crippen LogP contribution in [0.15, 0.2) is 36.0 Å². The highest BCUT2D eigenvalue weighted by atomic mass is 16.6. The Hall–Kier alpha value is -1.84. The molecule has 0 rings (SSSR count). The van der Waals surface area contributed by atoms with Crippen molar-refractivity contribution in [3.8, 4) is 0 Å². The van der Waals surface area contributed by atoms with Gasteiger partial charge in [-0.25, -0.2) is 9.59 Å². The van der Waals surface area contributed by atoms with E-state index in [0.717, 1.165) is 0 Å². The van der Waals surface area contributed by atoms with E-state index >= 15 is 0 Å². The van der Waals surface area contributed by atoms with E-state index < -0.39 is 17.5 Å². The van der Waals surface area contributed by atoms with Crippen molar-refractivity contribution >= 4 is 11.9 Å².